The van der Waals surface area contributed by atoms with Crippen LogP contribution in [0.5, 0.6) is 0 Å². The van der Waals surface area contributed by atoms with Crippen molar-refractivity contribution in [3.05, 3.63) is 92.0 Å². The number of nitrogens with one attached hydrogen (secondary N) is 1. The highest BCUT2D eigenvalue weighted by Gasteiger charge is 2.43. The Morgan fingerprint density at radius 3 is 2.51 bits per heavy atom. The number of aliphatic imine (C=N–C) groups is 3. The maximum atomic E-state index is 13.4. The van der Waals surface area contributed by atoms with Crippen molar-refractivity contribution < 1.29 is 19.4 Å². The molecule has 2 fully saturated rings. The minimum absolute atomic E-state index is 0.0254. The molecule has 0 aromatic carbocycles. The summed E-state index contributed by atoms with van der Waals surface area (Å²) in [6.45, 7) is 10.2. The number of aliphatic hydroxyl groups excluding tert-OH is 1. The third-order valence-corrected chi connectivity index (χ3v) is 9.10. The Morgan fingerprint density at radius 1 is 1.07 bits per heavy atom. The molecule has 0 aromatic heterocycles. The molecule has 2 N–H and O–H groups in total. The van der Waals surface area contributed by atoms with Gasteiger partial charge in [-0.3, -0.25) is 9.59 Å². The first-order valence-corrected chi connectivity index (χ1v) is 14.2. The van der Waals surface area contributed by atoms with E-state index in [1.54, 1.807) is 0 Å². The lowest BCUT2D eigenvalue weighted by Crippen LogP contribution is -2.15. The summed E-state index contributed by atoms with van der Waals surface area (Å²) in [4.78, 5) is 40.5. The molecule has 8 bridgehead atoms. The molecule has 210 valence electrons. The van der Waals surface area contributed by atoms with E-state index in [9.17, 15) is 14.7 Å². The number of Topliss-reactive ketones (excluding diaryl/α,β-unsaturated/α-hetero) is 1. The zero-order valence-corrected chi connectivity index (χ0v) is 24.3. The third kappa shape index (κ3) is 4.15. The zero-order chi connectivity index (χ0) is 29.2. The quantitative estimate of drug-likeness (QED) is 0.339. The van der Waals surface area contributed by atoms with E-state index >= 15 is 0 Å². The summed E-state index contributed by atoms with van der Waals surface area (Å²) in [5.41, 5.74) is 12.5. The van der Waals surface area contributed by atoms with Crippen molar-refractivity contribution in [3.8, 4) is 0 Å². The maximum absolute atomic E-state index is 13.4. The molecule has 6 aliphatic rings. The molecular weight excluding hydrogens is 516 g/mol. The average molecular weight is 551 g/mol. The summed E-state index contributed by atoms with van der Waals surface area (Å²) in [5, 5.41) is 13.8. The number of carbonyl (C=O) groups excluding carboxylic acids is 2. The van der Waals surface area contributed by atoms with Crippen LogP contribution in [0.15, 0.2) is 107 Å². The Labute approximate surface area is 239 Å². The number of esters is 1. The molecule has 0 aromatic rings. The molecule has 0 amide bonds. The summed E-state index contributed by atoms with van der Waals surface area (Å²) in [6, 6.07) is 0. The first-order chi connectivity index (χ1) is 19.7. The number of ether oxygens (including phenoxy) is 1. The summed E-state index contributed by atoms with van der Waals surface area (Å²) < 4.78 is 4.94. The van der Waals surface area contributed by atoms with Gasteiger partial charge in [-0.2, -0.15) is 0 Å². The first-order valence-electron chi connectivity index (χ1n) is 14.2. The molecular formula is C33H34N4O4. The molecule has 1 saturated heterocycles. The van der Waals surface area contributed by atoms with Gasteiger partial charge in [0, 0.05) is 52.8 Å². The van der Waals surface area contributed by atoms with Crippen LogP contribution in [-0.2, 0) is 14.3 Å². The number of fused-ring (bicyclic) bond motifs is 5. The number of allylic oxidation sites excluding steroid dienone is 12. The highest BCUT2D eigenvalue weighted by molar-refractivity contribution is 6.38. The van der Waals surface area contributed by atoms with E-state index in [2.05, 4.69) is 26.1 Å². The van der Waals surface area contributed by atoms with Crippen LogP contribution in [0.4, 0.5) is 0 Å². The monoisotopic (exact) mass is 550 g/mol. The van der Waals surface area contributed by atoms with Gasteiger partial charge in [-0.1, -0.05) is 13.8 Å². The lowest BCUT2D eigenvalue weighted by molar-refractivity contribution is -0.140. The van der Waals surface area contributed by atoms with Crippen LogP contribution in [0.25, 0.3) is 0 Å². The van der Waals surface area contributed by atoms with E-state index in [1.165, 1.54) is 7.11 Å². The van der Waals surface area contributed by atoms with Gasteiger partial charge >= 0.3 is 5.97 Å². The van der Waals surface area contributed by atoms with Crippen LogP contribution in [0.2, 0.25) is 0 Å². The standard InChI is InChI=1S/C33H34N4O4/c1-7-19-15(2)24-12-28-22(14-38)17(4)23(35-28)11-25-16(3)20(8-9-30(40)41-6)32(36-25)21-10-29(39)31-18(5)26(37-33(21)31)13-27(19)34-24/h11-14,16,20,36,38H,7-10H2,1-6H3/b22-14-,24-12?,25-11?,26-13?,32-21?/t16-,20-/m0/s1. The van der Waals surface area contributed by atoms with Crippen LogP contribution in [0.1, 0.15) is 60.3 Å². The Balaban J connectivity index is 1.60. The molecule has 5 heterocycles. The Hall–Kier alpha value is -4.33. The van der Waals surface area contributed by atoms with E-state index in [0.29, 0.717) is 23.3 Å². The van der Waals surface area contributed by atoms with Gasteiger partial charge < -0.3 is 15.2 Å². The fourth-order valence-electron chi connectivity index (χ4n) is 6.64. The Kier molecular flexibility index (Phi) is 6.52. The van der Waals surface area contributed by atoms with Crippen molar-refractivity contribution in [2.45, 2.75) is 60.3 Å². The van der Waals surface area contributed by atoms with Gasteiger partial charge in [0.05, 0.1) is 47.6 Å². The molecule has 41 heavy (non-hydrogen) atoms. The number of rotatable bonds is 4. The molecule has 8 nitrogen and oxygen atoms in total. The van der Waals surface area contributed by atoms with Crippen molar-refractivity contribution in [1.82, 2.24) is 5.32 Å². The highest BCUT2D eigenvalue weighted by Crippen LogP contribution is 2.45. The Morgan fingerprint density at radius 2 is 1.80 bits per heavy atom. The molecule has 5 aliphatic heterocycles. The Bertz CT molecular complexity index is 1680. The van der Waals surface area contributed by atoms with E-state index in [0.717, 1.165) is 80.5 Å². The minimum atomic E-state index is -0.264. The van der Waals surface area contributed by atoms with Crippen LogP contribution in [0, 0.1) is 11.8 Å². The fourth-order valence-corrected chi connectivity index (χ4v) is 6.64. The predicted octanol–water partition coefficient (Wildman–Crippen LogP) is 5.81. The van der Waals surface area contributed by atoms with Crippen molar-refractivity contribution in [2.24, 2.45) is 26.8 Å². The molecule has 1 aliphatic carbocycles. The van der Waals surface area contributed by atoms with Crippen LogP contribution in [-0.4, -0.2) is 41.1 Å². The maximum Gasteiger partial charge on any atom is 0.305 e. The van der Waals surface area contributed by atoms with E-state index < -0.39 is 0 Å². The zero-order valence-electron chi connectivity index (χ0n) is 24.3. The number of hydrogen-bond donors (Lipinski definition) is 2. The second kappa shape index (κ2) is 9.94. The molecule has 0 radical (unpaired) electrons. The minimum Gasteiger partial charge on any atom is -0.515 e. The summed E-state index contributed by atoms with van der Waals surface area (Å²) >= 11 is 0. The molecule has 1 saturated carbocycles. The predicted molar refractivity (Wildman–Crippen MR) is 159 cm³/mol. The molecule has 8 heteroatoms. The highest BCUT2D eigenvalue weighted by atomic mass is 16.5. The van der Waals surface area contributed by atoms with Gasteiger partial charge in [0.15, 0.2) is 5.78 Å². The number of methoxy groups -OCH3 is 1. The normalized spacial score (nSPS) is 26.0. The van der Waals surface area contributed by atoms with Crippen LogP contribution >= 0.6 is 0 Å². The molecule has 6 rings (SSSR count). The largest absolute Gasteiger partial charge is 0.515 e. The second-order valence-corrected chi connectivity index (χ2v) is 11.3. The lowest BCUT2D eigenvalue weighted by atomic mass is 9.86. The van der Waals surface area contributed by atoms with Crippen LogP contribution < -0.4 is 5.32 Å². The molecule has 0 spiro atoms. The van der Waals surface area contributed by atoms with E-state index in [-0.39, 0.29) is 36.4 Å². The number of nitrogens with zero attached hydrogens (tertiary/aromatic N) is 3. The number of hydrogen-bond acceptors (Lipinski definition) is 8. The van der Waals surface area contributed by atoms with Crippen molar-refractivity contribution in [1.29, 1.82) is 0 Å². The van der Waals surface area contributed by atoms with Crippen LogP contribution in [0.3, 0.4) is 0 Å². The first kappa shape index (κ1) is 26.9. The third-order valence-electron chi connectivity index (χ3n) is 9.10. The average Bonchev–Trinajstić information content (AvgIpc) is 3.70. The van der Waals surface area contributed by atoms with Gasteiger partial charge in [-0.05, 0) is 74.1 Å². The molecule has 0 unspecified atom stereocenters. The van der Waals surface area contributed by atoms with Gasteiger partial charge in [0.1, 0.15) is 0 Å². The van der Waals surface area contributed by atoms with Crippen molar-refractivity contribution in [2.75, 3.05) is 7.11 Å². The summed E-state index contributed by atoms with van der Waals surface area (Å²) in [7, 11) is 1.40. The summed E-state index contributed by atoms with van der Waals surface area (Å²) in [5.74, 6) is -0.213. The van der Waals surface area contributed by atoms with E-state index in [4.69, 9.17) is 19.7 Å². The van der Waals surface area contributed by atoms with Gasteiger partial charge in [-0.25, -0.2) is 15.0 Å². The summed E-state index contributed by atoms with van der Waals surface area (Å²) in [6.07, 6.45) is 8.94. The number of ketones is 1. The van der Waals surface area contributed by atoms with Gasteiger partial charge in [0.2, 0.25) is 0 Å². The van der Waals surface area contributed by atoms with E-state index in [1.807, 2.05) is 32.1 Å². The number of carbonyl (C=O) groups is 2. The lowest BCUT2D eigenvalue weighted by Gasteiger charge is -2.17. The van der Waals surface area contributed by atoms with Crippen molar-refractivity contribution >= 4 is 28.9 Å². The van der Waals surface area contributed by atoms with Crippen molar-refractivity contribution in [3.63, 3.8) is 0 Å². The van der Waals surface area contributed by atoms with Gasteiger partial charge in [-0.15, -0.1) is 0 Å². The number of aliphatic hydroxyl groups is 1. The SMILES string of the molecule is CCC1=C(C)C2=CC3=NC(=C(C)/C3=C/O)C=C3NC(=C4CC(=O)C5=C(C)C(=CC1=N2)N=C45)[C@@H](CCC(=O)OC)[C@@H]3C. The van der Waals surface area contributed by atoms with Gasteiger partial charge in [0.25, 0.3) is 0 Å². The second-order valence-electron chi connectivity index (χ2n) is 11.3. The fraction of sp³-hybridized carbons (Fsp3) is 0.364. The topological polar surface area (TPSA) is 113 Å². The molecule has 2 atom stereocenters. The smallest absolute Gasteiger partial charge is 0.305 e.